The van der Waals surface area contributed by atoms with Crippen molar-refractivity contribution >= 4 is 60.0 Å². The number of carbonyl (C=O) groups excluding carboxylic acids is 8. The van der Waals surface area contributed by atoms with Crippen LogP contribution in [0.15, 0.2) is 11.6 Å². The molecule has 6 N–H and O–H groups in total. The molecule has 86 heavy (non-hydrogen) atoms. The van der Waals surface area contributed by atoms with Crippen molar-refractivity contribution in [3.8, 4) is 12.1 Å². The summed E-state index contributed by atoms with van der Waals surface area (Å²) in [5, 5.41) is 34.8. The molecule has 0 bridgehead atoms. The number of aliphatic carboxylic acids is 2. The van der Waals surface area contributed by atoms with E-state index in [2.05, 4.69) is 43.2 Å². The number of esters is 7. The molecule has 23 heteroatoms. The Kier molecular flexibility index (Phi) is 68.4. The van der Waals surface area contributed by atoms with E-state index in [9.17, 15) is 47.9 Å². The highest BCUT2D eigenvalue weighted by Gasteiger charge is 2.38. The van der Waals surface area contributed by atoms with Crippen molar-refractivity contribution in [2.75, 3.05) is 59.3 Å². The Morgan fingerprint density at radius 1 is 0.442 bits per heavy atom. The van der Waals surface area contributed by atoms with E-state index in [1.165, 1.54) is 0 Å². The zero-order valence-corrected chi connectivity index (χ0v) is 55.8. The molecule has 0 aliphatic carbocycles. The average molecular weight is 1230 g/mol. The van der Waals surface area contributed by atoms with Crippen molar-refractivity contribution < 1.29 is 91.3 Å². The number of carboxylic acids is 2. The fraction of sp³-hybridized carbons (Fsp3) is 0.778. The molecule has 0 aliphatic heterocycles. The lowest BCUT2D eigenvalue weighted by Gasteiger charge is -2.20. The van der Waals surface area contributed by atoms with Gasteiger partial charge in [-0.3, -0.25) is 33.6 Å². The molecule has 0 aromatic rings. The first kappa shape index (κ1) is 93.2. The highest BCUT2D eigenvalue weighted by atomic mass is 16.6. The number of allylic oxidation sites excluding steroid dienone is 1. The number of carbonyl (C=O) groups is 10. The maximum absolute atomic E-state index is 11.8. The van der Waals surface area contributed by atoms with Crippen LogP contribution in [-0.4, -0.2) is 130 Å². The van der Waals surface area contributed by atoms with E-state index in [0.29, 0.717) is 68.5 Å². The van der Waals surface area contributed by atoms with Gasteiger partial charge in [0, 0.05) is 19.3 Å². The summed E-state index contributed by atoms with van der Waals surface area (Å²) >= 11 is 0. The molecule has 23 nitrogen and oxygen atoms in total. The monoisotopic (exact) mass is 1230 g/mol. The van der Waals surface area contributed by atoms with Gasteiger partial charge in [-0.05, 0) is 141 Å². The van der Waals surface area contributed by atoms with Crippen molar-refractivity contribution in [3.63, 3.8) is 0 Å². The van der Waals surface area contributed by atoms with E-state index >= 15 is 0 Å². The topological polar surface area (TPSA) is 375 Å². The summed E-state index contributed by atoms with van der Waals surface area (Å²) < 4.78 is 33.1. The highest BCUT2D eigenvalue weighted by molar-refractivity contribution is 6.14. The van der Waals surface area contributed by atoms with Gasteiger partial charge < -0.3 is 59.6 Å². The minimum absolute atomic E-state index is 0.00241. The van der Waals surface area contributed by atoms with Crippen LogP contribution in [-0.2, 0) is 81.1 Å². The van der Waals surface area contributed by atoms with E-state index in [1.54, 1.807) is 54.5 Å². The van der Waals surface area contributed by atoms with Crippen LogP contribution in [0.3, 0.4) is 0 Å². The number of hydrogen-bond acceptors (Lipinski definition) is 21. The lowest BCUT2D eigenvalue weighted by atomic mass is 9.86. The van der Waals surface area contributed by atoms with Crippen LogP contribution in [0.1, 0.15) is 196 Å². The molecule has 0 aromatic heterocycles. The van der Waals surface area contributed by atoms with Gasteiger partial charge in [-0.25, -0.2) is 9.59 Å². The van der Waals surface area contributed by atoms with Gasteiger partial charge in [0.1, 0.15) is 18.3 Å². The van der Waals surface area contributed by atoms with Crippen LogP contribution in [0.2, 0.25) is 0 Å². The molecule has 0 fully saturated rings. The third-order valence-corrected chi connectivity index (χ3v) is 10.5. The second-order valence-electron chi connectivity index (χ2n) is 21.7. The number of ether oxygens (including phenoxy) is 7. The number of hydrogen-bond donors (Lipinski definition) is 4. The van der Waals surface area contributed by atoms with Crippen molar-refractivity contribution in [2.45, 2.75) is 196 Å². The largest absolute Gasteiger partial charge is 0.481 e. The molecule has 0 saturated heterocycles. The van der Waals surface area contributed by atoms with Crippen LogP contribution in [0.25, 0.3) is 0 Å². The van der Waals surface area contributed by atoms with E-state index in [1.807, 2.05) is 61.5 Å². The smallest absolute Gasteiger partial charge is 0.345 e. The third kappa shape index (κ3) is 66.7. The number of nitriles is 2. The Bertz CT molecular complexity index is 1860. The van der Waals surface area contributed by atoms with Crippen LogP contribution in [0.5, 0.6) is 0 Å². The molecule has 0 heterocycles. The fourth-order valence-corrected chi connectivity index (χ4v) is 6.94. The predicted octanol–water partition coefficient (Wildman–Crippen LogP) is 10.0. The van der Waals surface area contributed by atoms with Gasteiger partial charge in [0.25, 0.3) is 0 Å². The van der Waals surface area contributed by atoms with Crippen LogP contribution >= 0.6 is 0 Å². The molecule has 0 aliphatic rings. The Morgan fingerprint density at radius 3 is 1.02 bits per heavy atom. The zero-order chi connectivity index (χ0) is 68.3. The third-order valence-electron chi connectivity index (χ3n) is 10.5. The molecule has 0 amide bonds. The summed E-state index contributed by atoms with van der Waals surface area (Å²) in [5.74, 6) is -4.55. The summed E-state index contributed by atoms with van der Waals surface area (Å²) in [6.45, 7) is 38.9. The minimum atomic E-state index is -1.14. The Labute approximate surface area is 515 Å². The molecular formula is C63H114N4O19. The van der Waals surface area contributed by atoms with Gasteiger partial charge in [0.05, 0.1) is 76.6 Å². The zero-order valence-electron chi connectivity index (χ0n) is 55.8. The number of nitrogens with zero attached hydrogens (tertiary/aromatic N) is 2. The first-order valence-electron chi connectivity index (χ1n) is 30.1. The number of aldehydes is 1. The lowest BCUT2D eigenvalue weighted by molar-refractivity contribution is -0.164. The van der Waals surface area contributed by atoms with E-state index in [0.717, 1.165) is 25.5 Å². The minimum Gasteiger partial charge on any atom is -0.481 e. The Morgan fingerprint density at radius 2 is 0.779 bits per heavy atom. The molecule has 3 unspecified atom stereocenters. The average Bonchev–Trinajstić information content (AvgIpc) is 3.61. The summed E-state index contributed by atoms with van der Waals surface area (Å²) in [5.41, 5.74) is 10.8. The molecule has 0 radical (unpaired) electrons. The maximum Gasteiger partial charge on any atom is 0.345 e. The molecule has 0 aromatic carbocycles. The number of carboxylic acid groups (broad SMARTS) is 2. The maximum atomic E-state index is 11.8. The summed E-state index contributed by atoms with van der Waals surface area (Å²) in [6.07, 6.45) is 7.24. The van der Waals surface area contributed by atoms with Crippen molar-refractivity contribution in [2.24, 2.45) is 76.6 Å². The summed E-state index contributed by atoms with van der Waals surface area (Å²) in [4.78, 5) is 109. The molecule has 500 valence electrons. The van der Waals surface area contributed by atoms with Gasteiger partial charge in [-0.2, -0.15) is 10.5 Å². The van der Waals surface area contributed by atoms with Crippen molar-refractivity contribution in [3.05, 3.63) is 11.6 Å². The quantitative estimate of drug-likeness (QED) is 0.0116. The second kappa shape index (κ2) is 63.1. The molecular weight excluding hydrogens is 1120 g/mol. The standard InChI is InChI=1S/C13H21NO4.C12H20O4.C10H17NO2.2C8H17NO2.C7H12O4.C5H10O/c1-5-17-12(15)11(13(16)18-6-2)10(8-14)7-9(3)4;1-5-15-11(13)10(8-7-9(3)4)12(14)16-6-2;1-4-13-10(12)6-9(7-11)5-8(2)3;2*1-6(2)3-7(5-9)4-8(10)11;1-3-10-6(8)5-7(9)11-4-2;1-5(2)3-4-6/h9-11H,5-7H2,1-4H3;8-9H,5-7H2,1-4H3;8-9H,4-6H2,1-3H3;2*6-7H,3-5,9H2,1-2H3,(H,10,11);3-5H2,1-2H3;4-5H,3H2,1-2H3/t;;;7-;;;/m...0.../s1. The lowest BCUT2D eigenvalue weighted by Crippen LogP contribution is -2.34. The summed E-state index contributed by atoms with van der Waals surface area (Å²) in [6, 6.07) is 4.13. The van der Waals surface area contributed by atoms with E-state index in [4.69, 9.17) is 55.9 Å². The Balaban J connectivity index is -0.000000172. The summed E-state index contributed by atoms with van der Waals surface area (Å²) in [7, 11) is 0. The van der Waals surface area contributed by atoms with Gasteiger partial charge in [0.15, 0.2) is 5.92 Å². The highest BCUT2D eigenvalue weighted by Crippen LogP contribution is 2.23. The molecule has 4 atom stereocenters. The molecule has 0 saturated carbocycles. The van der Waals surface area contributed by atoms with Crippen LogP contribution in [0, 0.1) is 87.8 Å². The first-order chi connectivity index (χ1) is 40.2. The second-order valence-corrected chi connectivity index (χ2v) is 21.7. The van der Waals surface area contributed by atoms with E-state index in [-0.39, 0.29) is 101 Å². The van der Waals surface area contributed by atoms with Crippen LogP contribution in [0.4, 0.5) is 0 Å². The molecule has 0 rings (SSSR count). The number of nitrogens with two attached hydrogens (primary N) is 2. The normalized spacial score (nSPS) is 11.4. The van der Waals surface area contributed by atoms with Gasteiger partial charge in [0.2, 0.25) is 0 Å². The first-order valence-corrected chi connectivity index (χ1v) is 30.1. The van der Waals surface area contributed by atoms with E-state index < -0.39 is 59.6 Å². The predicted molar refractivity (Wildman–Crippen MR) is 328 cm³/mol. The van der Waals surface area contributed by atoms with Crippen molar-refractivity contribution in [1.29, 1.82) is 10.5 Å². The fourth-order valence-electron chi connectivity index (χ4n) is 6.94. The van der Waals surface area contributed by atoms with Gasteiger partial charge >= 0.3 is 53.7 Å². The van der Waals surface area contributed by atoms with Crippen LogP contribution < -0.4 is 11.5 Å². The SMILES string of the molecule is CC(C)CC(CN)CC(=O)O.CC(C)CC=O.CC(C)C[C@H](CN)CC(=O)O.CCOC(=O)C(=CCC(C)C)C(=O)OCC.CCOC(=O)C(C(=O)OCC)C(C#N)CC(C)C.CCOC(=O)CC(=O)OCC.CCOC(=O)CC(C#N)CC(C)C. The number of rotatable bonds is 34. The van der Waals surface area contributed by atoms with Crippen molar-refractivity contribution in [1.82, 2.24) is 0 Å². The molecule has 0 spiro atoms. The Hall–Kier alpha value is -6.46. The van der Waals surface area contributed by atoms with Gasteiger partial charge in [-0.15, -0.1) is 0 Å². The van der Waals surface area contributed by atoms with Gasteiger partial charge in [-0.1, -0.05) is 89.2 Å².